The first kappa shape index (κ1) is 8.21. The number of carbonyl (C=O) groups excluding carboxylic acids is 1. The van der Waals surface area contributed by atoms with E-state index < -0.39 is 0 Å². The second-order valence-electron chi connectivity index (χ2n) is 2.91. The van der Waals surface area contributed by atoms with Gasteiger partial charge in [-0.3, -0.25) is 4.79 Å². The average Bonchev–Trinajstić information content (AvgIpc) is 1.88. The third-order valence-corrected chi connectivity index (χ3v) is 2.59. The van der Waals surface area contributed by atoms with Crippen LogP contribution in [0.1, 0.15) is 12.8 Å². The highest BCUT2D eigenvalue weighted by Crippen LogP contribution is 2.17. The highest BCUT2D eigenvalue weighted by atomic mass is 79.9. The monoisotopic (exact) mass is 205 g/mol. The van der Waals surface area contributed by atoms with Crippen molar-refractivity contribution in [1.29, 1.82) is 0 Å². The number of piperidine rings is 1. The first-order chi connectivity index (χ1) is 4.70. The van der Waals surface area contributed by atoms with Crippen LogP contribution >= 0.6 is 15.9 Å². The molecule has 1 rings (SSSR count). The van der Waals surface area contributed by atoms with Crippen molar-refractivity contribution in [2.75, 3.05) is 20.1 Å². The second-order valence-corrected chi connectivity index (χ2v) is 3.69. The highest BCUT2D eigenvalue weighted by molar-refractivity contribution is 9.18. The third kappa shape index (κ3) is 2.06. The molecule has 1 unspecified atom stereocenters. The van der Waals surface area contributed by atoms with Gasteiger partial charge in [-0.05, 0) is 42.4 Å². The predicted octanol–water partition coefficient (Wildman–Crippen LogP) is 1.25. The Hall–Kier alpha value is 0.110. The van der Waals surface area contributed by atoms with Gasteiger partial charge >= 0.3 is 0 Å². The molecule has 1 aliphatic heterocycles. The Morgan fingerprint density at radius 2 is 2.40 bits per heavy atom. The minimum Gasteiger partial charge on any atom is -0.306 e. The molecule has 58 valence electrons. The Morgan fingerprint density at radius 3 is 2.80 bits per heavy atom. The molecule has 1 fully saturated rings. The van der Waals surface area contributed by atoms with Gasteiger partial charge in [0.1, 0.15) is 0 Å². The first-order valence-electron chi connectivity index (χ1n) is 3.58. The first-order valence-corrected chi connectivity index (χ1v) is 4.37. The standard InChI is InChI=1S/C7H12BrNO/c1-9-4-2-3-6(5-9)7(8)10/h6H,2-5H2,1H3. The predicted molar refractivity (Wildman–Crippen MR) is 44.2 cm³/mol. The van der Waals surface area contributed by atoms with E-state index >= 15 is 0 Å². The van der Waals surface area contributed by atoms with Crippen molar-refractivity contribution in [1.82, 2.24) is 4.90 Å². The number of nitrogens with zero attached hydrogens (tertiary/aromatic N) is 1. The molecular formula is C7H12BrNO. The van der Waals surface area contributed by atoms with Crippen LogP contribution in [-0.4, -0.2) is 29.7 Å². The fourth-order valence-electron chi connectivity index (χ4n) is 1.35. The normalized spacial score (nSPS) is 28.4. The van der Waals surface area contributed by atoms with Gasteiger partial charge in [-0.25, -0.2) is 0 Å². The number of carbonyl (C=O) groups is 1. The zero-order valence-electron chi connectivity index (χ0n) is 6.14. The number of halogens is 1. The smallest absolute Gasteiger partial charge is 0.202 e. The lowest BCUT2D eigenvalue weighted by molar-refractivity contribution is -0.115. The highest BCUT2D eigenvalue weighted by Gasteiger charge is 2.21. The van der Waals surface area contributed by atoms with Gasteiger partial charge in [0.2, 0.25) is 4.69 Å². The van der Waals surface area contributed by atoms with Crippen molar-refractivity contribution in [2.24, 2.45) is 5.92 Å². The van der Waals surface area contributed by atoms with Gasteiger partial charge in [0.15, 0.2) is 0 Å². The molecule has 0 bridgehead atoms. The molecular weight excluding hydrogens is 194 g/mol. The maximum absolute atomic E-state index is 10.8. The molecule has 1 saturated heterocycles. The molecule has 0 N–H and O–H groups in total. The molecule has 2 nitrogen and oxygen atoms in total. The van der Waals surface area contributed by atoms with Gasteiger partial charge in [-0.2, -0.15) is 0 Å². The Kier molecular flexibility index (Phi) is 2.86. The van der Waals surface area contributed by atoms with Crippen molar-refractivity contribution in [2.45, 2.75) is 12.8 Å². The lowest BCUT2D eigenvalue weighted by atomic mass is 10.0. The van der Waals surface area contributed by atoms with Gasteiger partial charge in [-0.1, -0.05) is 0 Å². The van der Waals surface area contributed by atoms with Crippen LogP contribution in [0.5, 0.6) is 0 Å². The molecule has 0 aromatic carbocycles. The summed E-state index contributed by atoms with van der Waals surface area (Å²) in [5, 5.41) is 0. The van der Waals surface area contributed by atoms with Crippen LogP contribution in [0.2, 0.25) is 0 Å². The Balaban J connectivity index is 2.39. The van der Waals surface area contributed by atoms with Gasteiger partial charge in [0.25, 0.3) is 0 Å². The van der Waals surface area contributed by atoms with Crippen LogP contribution in [0.25, 0.3) is 0 Å². The summed E-state index contributed by atoms with van der Waals surface area (Å²) in [6.07, 6.45) is 2.20. The van der Waals surface area contributed by atoms with E-state index in [1.54, 1.807) is 0 Å². The van der Waals surface area contributed by atoms with Crippen LogP contribution < -0.4 is 0 Å². The van der Waals surface area contributed by atoms with E-state index in [1.165, 1.54) is 0 Å². The van der Waals surface area contributed by atoms with Gasteiger partial charge in [0, 0.05) is 12.5 Å². The van der Waals surface area contributed by atoms with Crippen molar-refractivity contribution < 1.29 is 4.79 Å². The van der Waals surface area contributed by atoms with Gasteiger partial charge in [0.05, 0.1) is 0 Å². The molecule has 1 atom stereocenters. The topological polar surface area (TPSA) is 20.3 Å². The lowest BCUT2D eigenvalue weighted by Crippen LogP contribution is -2.34. The summed E-state index contributed by atoms with van der Waals surface area (Å²) in [5.74, 6) is 0.235. The zero-order chi connectivity index (χ0) is 7.56. The molecule has 1 heterocycles. The summed E-state index contributed by atoms with van der Waals surface area (Å²) in [5.41, 5.74) is 0. The summed E-state index contributed by atoms with van der Waals surface area (Å²) in [7, 11) is 2.06. The van der Waals surface area contributed by atoms with Crippen molar-refractivity contribution in [3.8, 4) is 0 Å². The molecule has 0 aliphatic carbocycles. The fourth-order valence-corrected chi connectivity index (χ4v) is 1.73. The van der Waals surface area contributed by atoms with E-state index in [1.807, 2.05) is 0 Å². The largest absolute Gasteiger partial charge is 0.306 e. The van der Waals surface area contributed by atoms with E-state index in [-0.39, 0.29) is 10.6 Å². The number of likely N-dealkylation sites (tertiary alicyclic amines) is 1. The molecule has 0 spiro atoms. The fraction of sp³-hybridized carbons (Fsp3) is 0.857. The molecule has 0 aromatic rings. The summed E-state index contributed by atoms with van der Waals surface area (Å²) >= 11 is 3.00. The Morgan fingerprint density at radius 1 is 1.70 bits per heavy atom. The van der Waals surface area contributed by atoms with Crippen LogP contribution in [0.15, 0.2) is 0 Å². The van der Waals surface area contributed by atoms with Crippen LogP contribution in [0, 0.1) is 5.92 Å². The summed E-state index contributed by atoms with van der Waals surface area (Å²) < 4.78 is 0.166. The molecule has 3 heteroatoms. The molecule has 0 aromatic heterocycles. The maximum atomic E-state index is 10.8. The Bertz CT molecular complexity index is 138. The Labute approximate surface area is 69.7 Å². The van der Waals surface area contributed by atoms with Crippen molar-refractivity contribution in [3.05, 3.63) is 0 Å². The van der Waals surface area contributed by atoms with E-state index in [2.05, 4.69) is 27.9 Å². The average molecular weight is 206 g/mol. The number of hydrogen-bond donors (Lipinski definition) is 0. The van der Waals surface area contributed by atoms with Gasteiger partial charge in [-0.15, -0.1) is 0 Å². The van der Waals surface area contributed by atoms with Gasteiger partial charge < -0.3 is 4.90 Å². The number of rotatable bonds is 1. The maximum Gasteiger partial charge on any atom is 0.202 e. The van der Waals surface area contributed by atoms with E-state index in [4.69, 9.17) is 0 Å². The summed E-state index contributed by atoms with van der Waals surface area (Å²) in [6, 6.07) is 0. The van der Waals surface area contributed by atoms with Crippen molar-refractivity contribution >= 4 is 20.6 Å². The molecule has 0 saturated carbocycles. The molecule has 10 heavy (non-hydrogen) atoms. The quantitative estimate of drug-likeness (QED) is 0.602. The molecule has 0 radical (unpaired) electrons. The van der Waals surface area contributed by atoms with Crippen molar-refractivity contribution in [3.63, 3.8) is 0 Å². The third-order valence-electron chi connectivity index (χ3n) is 1.95. The summed E-state index contributed by atoms with van der Waals surface area (Å²) in [4.78, 5) is 13.0. The zero-order valence-corrected chi connectivity index (χ0v) is 7.73. The lowest BCUT2D eigenvalue weighted by Gasteiger charge is -2.27. The number of hydrogen-bond acceptors (Lipinski definition) is 2. The molecule has 1 aliphatic rings. The van der Waals surface area contributed by atoms with Crippen LogP contribution in [0.3, 0.4) is 0 Å². The second kappa shape index (κ2) is 3.49. The van der Waals surface area contributed by atoms with Crippen LogP contribution in [-0.2, 0) is 4.79 Å². The van der Waals surface area contributed by atoms with Crippen LogP contribution in [0.4, 0.5) is 0 Å². The molecule has 0 amide bonds. The minimum atomic E-state index is 0.166. The SMILES string of the molecule is CN1CCCC(C(=O)Br)C1. The summed E-state index contributed by atoms with van der Waals surface area (Å²) in [6.45, 7) is 2.06. The van der Waals surface area contributed by atoms with E-state index in [0.29, 0.717) is 0 Å². The minimum absolute atomic E-state index is 0.166. The van der Waals surface area contributed by atoms with E-state index in [9.17, 15) is 4.79 Å². The van der Waals surface area contributed by atoms with E-state index in [0.717, 1.165) is 25.9 Å².